The van der Waals surface area contributed by atoms with Crippen molar-refractivity contribution in [1.82, 2.24) is 0 Å². The van der Waals surface area contributed by atoms with Crippen LogP contribution in [0.15, 0.2) is 24.3 Å². The highest BCUT2D eigenvalue weighted by molar-refractivity contribution is 14.1. The molecule has 1 aromatic rings. The summed E-state index contributed by atoms with van der Waals surface area (Å²) in [5.41, 5.74) is 0. The molecule has 3 heteroatoms. The van der Waals surface area contributed by atoms with E-state index in [1.807, 2.05) is 12.1 Å². The molecule has 0 aromatic heterocycles. The van der Waals surface area contributed by atoms with Gasteiger partial charge in [-0.15, -0.1) is 0 Å². The average Bonchev–Trinajstić information content (AvgIpc) is 2.21. The van der Waals surface area contributed by atoms with Crippen molar-refractivity contribution in [3.8, 4) is 5.75 Å². The Hall–Kier alpha value is 0.1000. The van der Waals surface area contributed by atoms with Gasteiger partial charge in [0, 0.05) is 3.57 Å². The first-order valence-electron chi connectivity index (χ1n) is 4.82. The molecule has 0 amide bonds. The molecule has 0 N–H and O–H groups in total. The van der Waals surface area contributed by atoms with Gasteiger partial charge in [-0.2, -0.15) is 12.6 Å². The maximum atomic E-state index is 5.58. The molecule has 0 saturated heterocycles. The summed E-state index contributed by atoms with van der Waals surface area (Å²) in [5, 5.41) is 0. The number of hydrogen-bond donors (Lipinski definition) is 1. The van der Waals surface area contributed by atoms with Gasteiger partial charge >= 0.3 is 0 Å². The fourth-order valence-corrected chi connectivity index (χ4v) is 1.69. The molecule has 0 aliphatic heterocycles. The zero-order chi connectivity index (χ0) is 10.2. The summed E-state index contributed by atoms with van der Waals surface area (Å²) in [5.74, 6) is 1.94. The van der Waals surface area contributed by atoms with Crippen LogP contribution < -0.4 is 4.74 Å². The fourth-order valence-electron chi connectivity index (χ4n) is 1.11. The van der Waals surface area contributed by atoms with Crippen molar-refractivity contribution in [2.24, 2.45) is 0 Å². The van der Waals surface area contributed by atoms with Crippen LogP contribution in [-0.4, -0.2) is 12.4 Å². The molecular weight excluding hydrogens is 307 g/mol. The molecule has 78 valence electrons. The van der Waals surface area contributed by atoms with Gasteiger partial charge in [-0.25, -0.2) is 0 Å². The second kappa shape index (κ2) is 7.40. The Morgan fingerprint density at radius 2 is 1.79 bits per heavy atom. The van der Waals surface area contributed by atoms with Crippen molar-refractivity contribution in [2.45, 2.75) is 19.3 Å². The second-order valence-corrected chi connectivity index (χ2v) is 4.78. The largest absolute Gasteiger partial charge is 0.494 e. The van der Waals surface area contributed by atoms with Gasteiger partial charge < -0.3 is 4.74 Å². The Morgan fingerprint density at radius 3 is 2.43 bits per heavy atom. The molecule has 0 unspecified atom stereocenters. The Bertz CT molecular complexity index is 248. The van der Waals surface area contributed by atoms with Gasteiger partial charge in [-0.05, 0) is 71.9 Å². The molecular formula is C11H15IOS. The van der Waals surface area contributed by atoms with Gasteiger partial charge in [0.1, 0.15) is 5.75 Å². The van der Waals surface area contributed by atoms with Crippen LogP contribution in [0, 0.1) is 3.57 Å². The molecule has 0 fully saturated rings. The van der Waals surface area contributed by atoms with E-state index in [4.69, 9.17) is 4.74 Å². The van der Waals surface area contributed by atoms with Gasteiger partial charge in [0.2, 0.25) is 0 Å². The Balaban J connectivity index is 2.15. The quantitative estimate of drug-likeness (QED) is 0.476. The number of unbranched alkanes of at least 4 members (excludes halogenated alkanes) is 2. The number of hydrogen-bond acceptors (Lipinski definition) is 2. The zero-order valence-electron chi connectivity index (χ0n) is 8.08. The molecule has 0 aliphatic carbocycles. The number of benzene rings is 1. The number of halogens is 1. The summed E-state index contributed by atoms with van der Waals surface area (Å²) >= 11 is 6.45. The lowest BCUT2D eigenvalue weighted by Crippen LogP contribution is -1.97. The standard InChI is InChI=1S/C11H15IOS/c12-10-4-6-11(7-5-10)13-8-2-1-3-9-14/h4-7,14H,1-3,8-9H2. The predicted molar refractivity (Wildman–Crippen MR) is 72.4 cm³/mol. The first kappa shape index (κ1) is 12.2. The maximum absolute atomic E-state index is 5.58. The lowest BCUT2D eigenvalue weighted by molar-refractivity contribution is 0.306. The van der Waals surface area contributed by atoms with Crippen LogP contribution in [0.4, 0.5) is 0 Å². The molecule has 14 heavy (non-hydrogen) atoms. The molecule has 1 rings (SSSR count). The van der Waals surface area contributed by atoms with E-state index in [2.05, 4.69) is 47.4 Å². The highest BCUT2D eigenvalue weighted by Gasteiger charge is 1.93. The summed E-state index contributed by atoms with van der Waals surface area (Å²) in [7, 11) is 0. The van der Waals surface area contributed by atoms with Crippen molar-refractivity contribution in [3.63, 3.8) is 0 Å². The molecule has 1 nitrogen and oxygen atoms in total. The summed E-state index contributed by atoms with van der Waals surface area (Å²) < 4.78 is 6.82. The van der Waals surface area contributed by atoms with Gasteiger partial charge in [0.15, 0.2) is 0 Å². The Kier molecular flexibility index (Phi) is 6.43. The molecule has 0 radical (unpaired) electrons. The lowest BCUT2D eigenvalue weighted by atomic mass is 10.3. The van der Waals surface area contributed by atoms with Crippen LogP contribution in [0.25, 0.3) is 0 Å². The minimum atomic E-state index is 0.814. The predicted octanol–water partition coefficient (Wildman–Crippen LogP) is 3.77. The van der Waals surface area contributed by atoms with Crippen LogP contribution in [0.2, 0.25) is 0 Å². The minimum absolute atomic E-state index is 0.814. The highest BCUT2D eigenvalue weighted by atomic mass is 127. The monoisotopic (exact) mass is 322 g/mol. The zero-order valence-corrected chi connectivity index (χ0v) is 11.1. The topological polar surface area (TPSA) is 9.23 Å². The third-order valence-electron chi connectivity index (χ3n) is 1.88. The van der Waals surface area contributed by atoms with Crippen molar-refractivity contribution in [1.29, 1.82) is 0 Å². The Labute approximate surface area is 105 Å². The number of thiol groups is 1. The van der Waals surface area contributed by atoms with Crippen LogP contribution in [0.3, 0.4) is 0 Å². The van der Waals surface area contributed by atoms with Crippen LogP contribution in [0.1, 0.15) is 19.3 Å². The van der Waals surface area contributed by atoms with Gasteiger partial charge in [0.05, 0.1) is 6.61 Å². The van der Waals surface area contributed by atoms with Crippen LogP contribution >= 0.6 is 35.2 Å². The second-order valence-electron chi connectivity index (χ2n) is 3.09. The van der Waals surface area contributed by atoms with E-state index in [1.54, 1.807) is 0 Å². The van der Waals surface area contributed by atoms with Crippen molar-refractivity contribution in [2.75, 3.05) is 12.4 Å². The molecule has 0 saturated carbocycles. The minimum Gasteiger partial charge on any atom is -0.494 e. The normalized spacial score (nSPS) is 10.1. The van der Waals surface area contributed by atoms with E-state index in [-0.39, 0.29) is 0 Å². The maximum Gasteiger partial charge on any atom is 0.119 e. The molecule has 1 aromatic carbocycles. The van der Waals surface area contributed by atoms with E-state index >= 15 is 0 Å². The number of ether oxygens (including phenoxy) is 1. The van der Waals surface area contributed by atoms with E-state index in [0.717, 1.165) is 24.5 Å². The van der Waals surface area contributed by atoms with Gasteiger partial charge in [0.25, 0.3) is 0 Å². The fraction of sp³-hybridized carbons (Fsp3) is 0.455. The molecule has 0 heterocycles. The molecule has 0 bridgehead atoms. The van der Waals surface area contributed by atoms with Crippen molar-refractivity contribution < 1.29 is 4.74 Å². The average molecular weight is 322 g/mol. The molecule has 0 atom stereocenters. The van der Waals surface area contributed by atoms with Gasteiger partial charge in [-0.3, -0.25) is 0 Å². The summed E-state index contributed by atoms with van der Waals surface area (Å²) in [6.07, 6.45) is 3.50. The van der Waals surface area contributed by atoms with E-state index in [0.29, 0.717) is 0 Å². The lowest BCUT2D eigenvalue weighted by Gasteiger charge is -2.05. The summed E-state index contributed by atoms with van der Waals surface area (Å²) in [6, 6.07) is 8.15. The van der Waals surface area contributed by atoms with Gasteiger partial charge in [-0.1, -0.05) is 0 Å². The smallest absolute Gasteiger partial charge is 0.119 e. The van der Waals surface area contributed by atoms with E-state index in [9.17, 15) is 0 Å². The first-order valence-corrected chi connectivity index (χ1v) is 6.53. The van der Waals surface area contributed by atoms with E-state index in [1.165, 1.54) is 16.4 Å². The number of rotatable bonds is 6. The SMILES string of the molecule is SCCCCCOc1ccc(I)cc1. The van der Waals surface area contributed by atoms with Crippen LogP contribution in [0.5, 0.6) is 5.75 Å². The Morgan fingerprint density at radius 1 is 1.07 bits per heavy atom. The third-order valence-corrected chi connectivity index (χ3v) is 2.92. The summed E-state index contributed by atoms with van der Waals surface area (Å²) in [6.45, 7) is 0.814. The van der Waals surface area contributed by atoms with Crippen molar-refractivity contribution in [3.05, 3.63) is 27.8 Å². The summed E-state index contributed by atoms with van der Waals surface area (Å²) in [4.78, 5) is 0. The first-order chi connectivity index (χ1) is 6.83. The van der Waals surface area contributed by atoms with Crippen molar-refractivity contribution >= 4 is 35.2 Å². The van der Waals surface area contributed by atoms with Crippen LogP contribution in [-0.2, 0) is 0 Å². The highest BCUT2D eigenvalue weighted by Crippen LogP contribution is 2.13. The molecule has 0 aliphatic rings. The van der Waals surface area contributed by atoms with E-state index < -0.39 is 0 Å². The third kappa shape index (κ3) is 5.10. The molecule has 0 spiro atoms.